The molecule has 0 radical (unpaired) electrons. The van der Waals surface area contributed by atoms with E-state index in [1.165, 1.54) is 0 Å². The van der Waals surface area contributed by atoms with Crippen LogP contribution in [0.1, 0.15) is 43.2 Å². The zero-order valence-electron chi connectivity index (χ0n) is 17.4. The second kappa shape index (κ2) is 7.27. The van der Waals surface area contributed by atoms with Crippen LogP contribution in [0.2, 0.25) is 5.02 Å². The highest BCUT2D eigenvalue weighted by Gasteiger charge is 2.61. The number of methoxy groups -OCH3 is 1. The molecule has 2 heterocycles. The van der Waals surface area contributed by atoms with E-state index in [4.69, 9.17) is 20.8 Å². The summed E-state index contributed by atoms with van der Waals surface area (Å²) in [5, 5.41) is 1.43. The molecule has 2 aromatic rings. The van der Waals surface area contributed by atoms with Gasteiger partial charge in [0.2, 0.25) is 5.91 Å². The van der Waals surface area contributed by atoms with Gasteiger partial charge in [0.25, 0.3) is 5.91 Å². The number of furan rings is 1. The molecular weight excluding hydrogens is 404 g/mol. The van der Waals surface area contributed by atoms with Crippen LogP contribution in [0.5, 0.6) is 0 Å². The summed E-state index contributed by atoms with van der Waals surface area (Å²) in [5.41, 5.74) is 0.371. The number of hydrogen-bond donors (Lipinski definition) is 0. The molecule has 1 saturated heterocycles. The third-order valence-electron chi connectivity index (χ3n) is 7.53. The van der Waals surface area contributed by atoms with E-state index in [2.05, 4.69) is 0 Å². The lowest BCUT2D eigenvalue weighted by Gasteiger charge is -2.50. The first-order valence-electron chi connectivity index (χ1n) is 10.8. The Morgan fingerprint density at radius 1 is 1.20 bits per heavy atom. The molecule has 1 aliphatic heterocycles. The summed E-state index contributed by atoms with van der Waals surface area (Å²) in [6, 6.07) is 7.09. The standard InChI is InChI=1S/C23H27ClN2O4/c1-14-13-25(21(27)20-11-15-3-4-16(24)12-19(15)30-20)9-10-26(14)22(28)23-7-5-17(23)18(29-2)6-8-23/h3-4,11-12,14,17-18H,5-10,13H2,1-2H3/t14?,17-,18+,23-/m0/s1. The second-order valence-corrected chi connectivity index (χ2v) is 9.44. The normalized spacial score (nSPS) is 31.0. The van der Waals surface area contributed by atoms with Gasteiger partial charge in [-0.2, -0.15) is 0 Å². The predicted octanol–water partition coefficient (Wildman–Crippen LogP) is 3.96. The van der Waals surface area contributed by atoms with E-state index in [1.54, 1.807) is 30.2 Å². The molecule has 0 spiro atoms. The van der Waals surface area contributed by atoms with Crippen molar-refractivity contribution in [3.63, 3.8) is 0 Å². The number of halogens is 1. The second-order valence-electron chi connectivity index (χ2n) is 9.01. The minimum absolute atomic E-state index is 0.0220. The van der Waals surface area contributed by atoms with Crippen LogP contribution < -0.4 is 0 Å². The Morgan fingerprint density at radius 2 is 2.00 bits per heavy atom. The van der Waals surface area contributed by atoms with Gasteiger partial charge < -0.3 is 19.0 Å². The van der Waals surface area contributed by atoms with Crippen LogP contribution in [0.3, 0.4) is 0 Å². The lowest BCUT2D eigenvalue weighted by atomic mass is 9.60. The Hall–Kier alpha value is -2.05. The molecule has 2 saturated carbocycles. The van der Waals surface area contributed by atoms with E-state index in [0.717, 1.165) is 31.1 Å². The van der Waals surface area contributed by atoms with Crippen LogP contribution in [0.4, 0.5) is 0 Å². The van der Waals surface area contributed by atoms with Crippen molar-refractivity contribution < 1.29 is 18.7 Å². The minimum atomic E-state index is -0.237. The molecule has 1 unspecified atom stereocenters. The fraction of sp³-hybridized carbons (Fsp3) is 0.565. The zero-order chi connectivity index (χ0) is 21.0. The molecule has 4 atom stereocenters. The van der Waals surface area contributed by atoms with Crippen LogP contribution in [-0.2, 0) is 9.53 Å². The van der Waals surface area contributed by atoms with Crippen LogP contribution >= 0.6 is 11.6 Å². The average Bonchev–Trinajstić information content (AvgIpc) is 3.24. The van der Waals surface area contributed by atoms with Gasteiger partial charge in [0.05, 0.1) is 11.5 Å². The van der Waals surface area contributed by atoms with E-state index in [9.17, 15) is 9.59 Å². The highest BCUT2D eigenvalue weighted by Crippen LogP contribution is 2.59. The number of amides is 2. The number of rotatable bonds is 3. The van der Waals surface area contributed by atoms with Crippen LogP contribution in [0.25, 0.3) is 11.0 Å². The van der Waals surface area contributed by atoms with Crippen molar-refractivity contribution in [2.24, 2.45) is 11.3 Å². The summed E-state index contributed by atoms with van der Waals surface area (Å²) in [6.45, 7) is 3.62. The van der Waals surface area contributed by atoms with Crippen molar-refractivity contribution in [2.75, 3.05) is 26.7 Å². The summed E-state index contributed by atoms with van der Waals surface area (Å²) in [5.74, 6) is 0.789. The first-order chi connectivity index (χ1) is 14.4. The highest BCUT2D eigenvalue weighted by molar-refractivity contribution is 6.31. The summed E-state index contributed by atoms with van der Waals surface area (Å²) in [6.07, 6.45) is 4.14. The van der Waals surface area contributed by atoms with Crippen molar-refractivity contribution >= 4 is 34.4 Å². The van der Waals surface area contributed by atoms with Crippen LogP contribution in [-0.4, -0.2) is 60.5 Å². The molecule has 3 aliphatic rings. The average molecular weight is 431 g/mol. The number of carbonyl (C=O) groups excluding carboxylic acids is 2. The number of ether oxygens (including phenoxy) is 1. The number of piperazine rings is 1. The SMILES string of the molecule is CO[C@@H]1CC[C@@]2(C(=O)N3CCN(C(=O)c4cc5ccc(Cl)cc5o4)CC3C)CC[C@@H]12. The molecule has 5 rings (SSSR count). The number of benzene rings is 1. The van der Waals surface area contributed by atoms with Crippen molar-refractivity contribution in [3.8, 4) is 0 Å². The smallest absolute Gasteiger partial charge is 0.289 e. The summed E-state index contributed by atoms with van der Waals surface area (Å²) in [7, 11) is 1.75. The summed E-state index contributed by atoms with van der Waals surface area (Å²) in [4.78, 5) is 30.3. The van der Waals surface area contributed by atoms with Gasteiger partial charge in [-0.15, -0.1) is 0 Å². The van der Waals surface area contributed by atoms with Gasteiger partial charge in [0, 0.05) is 49.3 Å². The largest absolute Gasteiger partial charge is 0.451 e. The van der Waals surface area contributed by atoms with E-state index >= 15 is 0 Å². The first-order valence-corrected chi connectivity index (χ1v) is 11.1. The molecule has 0 bridgehead atoms. The van der Waals surface area contributed by atoms with Crippen molar-refractivity contribution in [1.82, 2.24) is 9.80 Å². The van der Waals surface area contributed by atoms with Gasteiger partial charge in [0.1, 0.15) is 5.58 Å². The topological polar surface area (TPSA) is 63.0 Å². The zero-order valence-corrected chi connectivity index (χ0v) is 18.2. The van der Waals surface area contributed by atoms with Crippen molar-refractivity contribution in [3.05, 3.63) is 35.0 Å². The minimum Gasteiger partial charge on any atom is -0.451 e. The maximum absolute atomic E-state index is 13.5. The Labute approximate surface area is 181 Å². The van der Waals surface area contributed by atoms with E-state index in [0.29, 0.717) is 41.9 Å². The molecule has 1 aromatic carbocycles. The monoisotopic (exact) mass is 430 g/mol. The molecule has 2 amide bonds. The van der Waals surface area contributed by atoms with Crippen molar-refractivity contribution in [1.29, 1.82) is 0 Å². The van der Waals surface area contributed by atoms with Gasteiger partial charge in [-0.3, -0.25) is 9.59 Å². The van der Waals surface area contributed by atoms with Gasteiger partial charge in [-0.25, -0.2) is 0 Å². The van der Waals surface area contributed by atoms with Crippen LogP contribution in [0, 0.1) is 11.3 Å². The maximum Gasteiger partial charge on any atom is 0.289 e. The van der Waals surface area contributed by atoms with Gasteiger partial charge in [0.15, 0.2) is 5.76 Å². The number of fused-ring (bicyclic) bond motifs is 2. The number of hydrogen-bond acceptors (Lipinski definition) is 4. The van der Waals surface area contributed by atoms with E-state index in [1.807, 2.05) is 17.9 Å². The van der Waals surface area contributed by atoms with E-state index < -0.39 is 0 Å². The predicted molar refractivity (Wildman–Crippen MR) is 113 cm³/mol. The molecular formula is C23H27ClN2O4. The number of carbonyl (C=O) groups is 2. The third kappa shape index (κ3) is 2.95. The Morgan fingerprint density at radius 3 is 2.70 bits per heavy atom. The fourth-order valence-corrected chi connectivity index (χ4v) is 5.93. The fourth-order valence-electron chi connectivity index (χ4n) is 5.76. The lowest BCUT2D eigenvalue weighted by molar-refractivity contribution is -0.159. The first kappa shape index (κ1) is 19.9. The molecule has 2 aliphatic carbocycles. The Bertz CT molecular complexity index is 1000. The molecule has 1 aromatic heterocycles. The van der Waals surface area contributed by atoms with Crippen molar-refractivity contribution in [2.45, 2.75) is 44.8 Å². The Kier molecular flexibility index (Phi) is 4.82. The van der Waals surface area contributed by atoms with Gasteiger partial charge in [-0.05, 0) is 56.7 Å². The maximum atomic E-state index is 13.5. The van der Waals surface area contributed by atoms with Gasteiger partial charge >= 0.3 is 0 Å². The molecule has 6 nitrogen and oxygen atoms in total. The molecule has 30 heavy (non-hydrogen) atoms. The molecule has 0 N–H and O–H groups in total. The molecule has 160 valence electrons. The van der Waals surface area contributed by atoms with Crippen LogP contribution in [0.15, 0.2) is 28.7 Å². The van der Waals surface area contributed by atoms with E-state index in [-0.39, 0.29) is 29.4 Å². The lowest BCUT2D eigenvalue weighted by Crippen LogP contribution is -2.61. The Balaban J connectivity index is 1.28. The third-order valence-corrected chi connectivity index (χ3v) is 7.77. The molecule has 3 fully saturated rings. The summed E-state index contributed by atoms with van der Waals surface area (Å²) >= 11 is 6.02. The quantitative estimate of drug-likeness (QED) is 0.739. The molecule has 7 heteroatoms. The number of nitrogens with zero attached hydrogens (tertiary/aromatic N) is 2. The summed E-state index contributed by atoms with van der Waals surface area (Å²) < 4.78 is 11.4. The highest BCUT2D eigenvalue weighted by atomic mass is 35.5. The van der Waals surface area contributed by atoms with Gasteiger partial charge in [-0.1, -0.05) is 11.6 Å².